The molecule has 3 rings (SSSR count). The Balaban J connectivity index is 2.00. The minimum Gasteiger partial charge on any atom is -0.497 e. The van der Waals surface area contributed by atoms with Gasteiger partial charge in [-0.3, -0.25) is 4.79 Å². The molecule has 1 heterocycles. The summed E-state index contributed by atoms with van der Waals surface area (Å²) in [6.07, 6.45) is -0.367. The summed E-state index contributed by atoms with van der Waals surface area (Å²) in [6.45, 7) is 0.613. The van der Waals surface area contributed by atoms with Crippen LogP contribution < -0.4 is 4.74 Å². The second kappa shape index (κ2) is 7.59. The van der Waals surface area contributed by atoms with Gasteiger partial charge < -0.3 is 14.4 Å². The van der Waals surface area contributed by atoms with Crippen LogP contribution in [0, 0.1) is 17.2 Å². The van der Waals surface area contributed by atoms with Crippen molar-refractivity contribution in [3.8, 4) is 11.8 Å². The Morgan fingerprint density at radius 1 is 1.08 bits per heavy atom. The van der Waals surface area contributed by atoms with E-state index in [1.807, 2.05) is 55.4 Å². The third-order valence-corrected chi connectivity index (χ3v) is 4.74. The van der Waals surface area contributed by atoms with Crippen LogP contribution in [0.5, 0.6) is 5.75 Å². The summed E-state index contributed by atoms with van der Waals surface area (Å²) in [5.41, 5.74) is 2.53. The van der Waals surface area contributed by atoms with Gasteiger partial charge in [-0.15, -0.1) is 0 Å². The molecule has 1 saturated heterocycles. The summed E-state index contributed by atoms with van der Waals surface area (Å²) >= 11 is 0. The molecule has 0 unspecified atom stereocenters. The fourth-order valence-electron chi connectivity index (χ4n) is 3.48. The van der Waals surface area contributed by atoms with E-state index in [-0.39, 0.29) is 23.9 Å². The second-order valence-electron chi connectivity index (χ2n) is 6.76. The van der Waals surface area contributed by atoms with Crippen LogP contribution in [0.1, 0.15) is 28.7 Å². The molecule has 0 saturated carbocycles. The minimum absolute atomic E-state index is 0.0938. The van der Waals surface area contributed by atoms with Gasteiger partial charge in [0.1, 0.15) is 11.9 Å². The number of nitriles is 1. The van der Waals surface area contributed by atoms with Crippen LogP contribution >= 0.6 is 0 Å². The maximum absolute atomic E-state index is 12.6. The predicted octanol–water partition coefficient (Wildman–Crippen LogP) is 3.13. The van der Waals surface area contributed by atoms with Crippen molar-refractivity contribution in [2.45, 2.75) is 12.0 Å². The molecule has 0 radical (unpaired) electrons. The van der Waals surface area contributed by atoms with E-state index < -0.39 is 0 Å². The van der Waals surface area contributed by atoms with E-state index in [1.54, 1.807) is 19.2 Å². The fraction of sp³-hybridized carbons (Fsp3) is 0.333. The fourth-order valence-corrected chi connectivity index (χ4v) is 3.48. The molecule has 5 heteroatoms. The third-order valence-electron chi connectivity index (χ3n) is 4.74. The number of esters is 1. The van der Waals surface area contributed by atoms with Crippen molar-refractivity contribution in [2.75, 3.05) is 27.7 Å². The van der Waals surface area contributed by atoms with E-state index in [9.17, 15) is 4.79 Å². The number of carbonyl (C=O) groups excluding carboxylic acids is 1. The molecule has 1 aliphatic rings. The van der Waals surface area contributed by atoms with Crippen LogP contribution in [0.15, 0.2) is 48.5 Å². The molecule has 1 aliphatic heterocycles. The van der Waals surface area contributed by atoms with Crippen LogP contribution in [0.2, 0.25) is 0 Å². The molecular formula is C21H22N2O3. The summed E-state index contributed by atoms with van der Waals surface area (Å²) in [5, 5.41) is 9.00. The van der Waals surface area contributed by atoms with E-state index in [0.717, 1.165) is 16.9 Å². The summed E-state index contributed by atoms with van der Waals surface area (Å²) in [4.78, 5) is 14.6. The maximum atomic E-state index is 12.6. The van der Waals surface area contributed by atoms with Crippen LogP contribution in [0.25, 0.3) is 0 Å². The molecule has 0 aromatic heterocycles. The van der Waals surface area contributed by atoms with Gasteiger partial charge in [0.15, 0.2) is 0 Å². The highest BCUT2D eigenvalue weighted by Gasteiger charge is 2.46. The molecule has 0 N–H and O–H groups in total. The molecular weight excluding hydrogens is 328 g/mol. The number of cyclic esters (lactones) is 1. The number of hydrogen-bond donors (Lipinski definition) is 0. The van der Waals surface area contributed by atoms with Gasteiger partial charge in [0.05, 0.1) is 24.7 Å². The van der Waals surface area contributed by atoms with Gasteiger partial charge in [-0.05, 0) is 49.5 Å². The number of rotatable bonds is 5. The van der Waals surface area contributed by atoms with Gasteiger partial charge in [0.2, 0.25) is 0 Å². The topological polar surface area (TPSA) is 62.6 Å². The highest BCUT2D eigenvalue weighted by molar-refractivity contribution is 5.77. The lowest BCUT2D eigenvalue weighted by Crippen LogP contribution is -2.28. The third kappa shape index (κ3) is 3.56. The molecule has 0 spiro atoms. The first-order valence-electron chi connectivity index (χ1n) is 8.52. The average Bonchev–Trinajstić information content (AvgIpc) is 2.97. The lowest BCUT2D eigenvalue weighted by atomic mass is 9.81. The Kier molecular flexibility index (Phi) is 5.24. The monoisotopic (exact) mass is 350 g/mol. The van der Waals surface area contributed by atoms with Crippen molar-refractivity contribution in [1.82, 2.24) is 4.90 Å². The molecule has 0 amide bonds. The smallest absolute Gasteiger partial charge is 0.311 e. The second-order valence-corrected chi connectivity index (χ2v) is 6.76. The molecule has 1 fully saturated rings. The molecule has 134 valence electrons. The lowest BCUT2D eigenvalue weighted by Gasteiger charge is -2.24. The van der Waals surface area contributed by atoms with Gasteiger partial charge >= 0.3 is 5.97 Å². The number of carbonyl (C=O) groups is 1. The Morgan fingerprint density at radius 2 is 1.69 bits per heavy atom. The molecule has 0 aliphatic carbocycles. The van der Waals surface area contributed by atoms with Crippen molar-refractivity contribution in [1.29, 1.82) is 5.26 Å². The van der Waals surface area contributed by atoms with E-state index >= 15 is 0 Å². The molecule has 5 nitrogen and oxygen atoms in total. The standard InChI is InChI=1S/C21H22N2O3/c1-23(2)13-18-19(15-8-10-17(25-3)11-9-15)20(26-21(18)24)16-6-4-14(12-22)5-7-16/h4-11,18-20H,13H2,1-3H3/t18-,19+,20+/m0/s1. The van der Waals surface area contributed by atoms with Crippen LogP contribution in [-0.2, 0) is 9.53 Å². The van der Waals surface area contributed by atoms with E-state index in [2.05, 4.69) is 6.07 Å². The molecule has 3 atom stereocenters. The summed E-state index contributed by atoms with van der Waals surface area (Å²) < 4.78 is 11.0. The maximum Gasteiger partial charge on any atom is 0.311 e. The zero-order chi connectivity index (χ0) is 18.7. The van der Waals surface area contributed by atoms with Gasteiger partial charge in [-0.25, -0.2) is 0 Å². The van der Waals surface area contributed by atoms with Crippen LogP contribution in [0.3, 0.4) is 0 Å². The normalized spacial score (nSPS) is 22.1. The number of benzene rings is 2. The minimum atomic E-state index is -0.367. The first-order chi connectivity index (χ1) is 12.5. The first-order valence-corrected chi connectivity index (χ1v) is 8.52. The zero-order valence-corrected chi connectivity index (χ0v) is 15.2. The molecule has 2 aromatic rings. The zero-order valence-electron chi connectivity index (χ0n) is 15.2. The summed E-state index contributed by atoms with van der Waals surface area (Å²) in [5.74, 6) is 0.245. The largest absolute Gasteiger partial charge is 0.497 e. The number of hydrogen-bond acceptors (Lipinski definition) is 5. The number of methoxy groups -OCH3 is 1. The van der Waals surface area contributed by atoms with Gasteiger partial charge in [-0.1, -0.05) is 24.3 Å². The van der Waals surface area contributed by atoms with Crippen molar-refractivity contribution in [3.05, 3.63) is 65.2 Å². The van der Waals surface area contributed by atoms with Gasteiger partial charge in [-0.2, -0.15) is 5.26 Å². The SMILES string of the molecule is COc1ccc([C@@H]2[C@H](CN(C)C)C(=O)O[C@@H]2c2ccc(C#N)cc2)cc1. The highest BCUT2D eigenvalue weighted by atomic mass is 16.6. The van der Waals surface area contributed by atoms with Crippen molar-refractivity contribution >= 4 is 5.97 Å². The Morgan fingerprint density at radius 3 is 2.23 bits per heavy atom. The van der Waals surface area contributed by atoms with Crippen LogP contribution in [0.4, 0.5) is 0 Å². The first kappa shape index (κ1) is 18.0. The predicted molar refractivity (Wildman–Crippen MR) is 97.8 cm³/mol. The van der Waals surface area contributed by atoms with E-state index in [1.165, 1.54) is 0 Å². The summed E-state index contributed by atoms with van der Waals surface area (Å²) in [6, 6.07) is 17.2. The van der Waals surface area contributed by atoms with E-state index in [4.69, 9.17) is 14.7 Å². The van der Waals surface area contributed by atoms with E-state index in [0.29, 0.717) is 12.1 Å². The number of ether oxygens (including phenoxy) is 2. The summed E-state index contributed by atoms with van der Waals surface area (Å²) in [7, 11) is 5.53. The van der Waals surface area contributed by atoms with Crippen molar-refractivity contribution in [2.24, 2.45) is 5.92 Å². The molecule has 0 bridgehead atoms. The van der Waals surface area contributed by atoms with Crippen LogP contribution in [-0.4, -0.2) is 38.6 Å². The lowest BCUT2D eigenvalue weighted by molar-refractivity contribution is -0.144. The van der Waals surface area contributed by atoms with Gasteiger partial charge in [0, 0.05) is 12.5 Å². The highest BCUT2D eigenvalue weighted by Crippen LogP contribution is 2.46. The Bertz CT molecular complexity index is 807. The van der Waals surface area contributed by atoms with Crippen molar-refractivity contribution < 1.29 is 14.3 Å². The Hall–Kier alpha value is -2.84. The Labute approximate surface area is 153 Å². The van der Waals surface area contributed by atoms with Gasteiger partial charge in [0.25, 0.3) is 0 Å². The van der Waals surface area contributed by atoms with Crippen molar-refractivity contribution in [3.63, 3.8) is 0 Å². The molecule has 26 heavy (non-hydrogen) atoms. The quantitative estimate of drug-likeness (QED) is 0.775. The number of nitrogens with zero attached hydrogens (tertiary/aromatic N) is 2. The molecule has 2 aromatic carbocycles. The average molecular weight is 350 g/mol.